The highest BCUT2D eigenvalue weighted by Crippen LogP contribution is 2.19. The average Bonchev–Trinajstić information content (AvgIpc) is 2.31. The van der Waals surface area contributed by atoms with Crippen LogP contribution in [0.1, 0.15) is 47.0 Å². The molecule has 0 saturated carbocycles. The maximum Gasteiger partial charge on any atom is 0.236 e. The van der Waals surface area contributed by atoms with Gasteiger partial charge in [0.2, 0.25) is 5.91 Å². The minimum Gasteiger partial charge on any atom is -0.355 e. The van der Waals surface area contributed by atoms with Crippen molar-refractivity contribution in [3.05, 3.63) is 0 Å². The monoisotopic (exact) mass is 239 g/mol. The van der Waals surface area contributed by atoms with E-state index in [-0.39, 0.29) is 17.4 Å². The fourth-order valence-corrected chi connectivity index (χ4v) is 1.40. The fourth-order valence-electron chi connectivity index (χ4n) is 1.40. The summed E-state index contributed by atoms with van der Waals surface area (Å²) in [6.45, 7) is 9.26. The van der Waals surface area contributed by atoms with Crippen molar-refractivity contribution in [1.82, 2.24) is 10.6 Å². The van der Waals surface area contributed by atoms with Gasteiger partial charge in [-0.25, -0.2) is 0 Å². The molecule has 0 aromatic carbocycles. The topological polar surface area (TPSA) is 64.9 Å². The third kappa shape index (κ3) is 7.76. The predicted molar refractivity (Wildman–Crippen MR) is 69.4 cm³/mol. The van der Waals surface area contributed by atoms with Gasteiger partial charge >= 0.3 is 0 Å². The van der Waals surface area contributed by atoms with Crippen molar-refractivity contribution in [2.45, 2.75) is 53.0 Å². The zero-order chi connectivity index (χ0) is 13.3. The molecule has 17 heavy (non-hydrogen) atoms. The first kappa shape index (κ1) is 15.9. The number of carbonyl (C=O) groups excluding carboxylic acids is 1. The molecule has 4 heteroatoms. The van der Waals surface area contributed by atoms with Crippen LogP contribution < -0.4 is 10.6 Å². The van der Waals surface area contributed by atoms with Crippen molar-refractivity contribution in [2.24, 2.45) is 5.41 Å². The molecule has 0 aliphatic rings. The first-order chi connectivity index (χ1) is 7.93. The third-order valence-electron chi connectivity index (χ3n) is 2.67. The SMILES string of the molecule is CCCNC(=O)C(C)NCCCC(C)(C)C#N. The van der Waals surface area contributed by atoms with Gasteiger partial charge < -0.3 is 10.6 Å². The normalized spacial score (nSPS) is 12.9. The summed E-state index contributed by atoms with van der Waals surface area (Å²) in [6.07, 6.45) is 2.71. The number of amides is 1. The van der Waals surface area contributed by atoms with Crippen LogP contribution in [0.5, 0.6) is 0 Å². The number of nitrogens with one attached hydrogen (secondary N) is 2. The van der Waals surface area contributed by atoms with Gasteiger partial charge in [-0.2, -0.15) is 5.26 Å². The summed E-state index contributed by atoms with van der Waals surface area (Å²) < 4.78 is 0. The van der Waals surface area contributed by atoms with E-state index in [4.69, 9.17) is 5.26 Å². The van der Waals surface area contributed by atoms with Crippen LogP contribution in [0.3, 0.4) is 0 Å². The van der Waals surface area contributed by atoms with E-state index in [1.807, 2.05) is 27.7 Å². The molecule has 0 heterocycles. The zero-order valence-electron chi connectivity index (χ0n) is 11.5. The van der Waals surface area contributed by atoms with Crippen LogP contribution in [-0.2, 0) is 4.79 Å². The minimum absolute atomic E-state index is 0.0476. The molecule has 0 aromatic heterocycles. The van der Waals surface area contributed by atoms with Crippen molar-refractivity contribution in [3.63, 3.8) is 0 Å². The molecule has 1 atom stereocenters. The number of nitriles is 1. The Morgan fingerprint density at radius 1 is 1.41 bits per heavy atom. The van der Waals surface area contributed by atoms with Gasteiger partial charge in [-0.15, -0.1) is 0 Å². The number of hydrogen-bond donors (Lipinski definition) is 2. The highest BCUT2D eigenvalue weighted by Gasteiger charge is 2.16. The molecule has 0 bridgehead atoms. The number of nitrogens with zero attached hydrogens (tertiary/aromatic N) is 1. The maximum absolute atomic E-state index is 11.5. The Labute approximate surface area is 105 Å². The van der Waals surface area contributed by atoms with Gasteiger partial charge in [-0.1, -0.05) is 6.92 Å². The van der Waals surface area contributed by atoms with E-state index in [9.17, 15) is 4.79 Å². The Hall–Kier alpha value is -1.08. The lowest BCUT2D eigenvalue weighted by Gasteiger charge is -2.17. The summed E-state index contributed by atoms with van der Waals surface area (Å²) in [4.78, 5) is 11.5. The highest BCUT2D eigenvalue weighted by atomic mass is 16.2. The van der Waals surface area contributed by atoms with Crippen LogP contribution in [-0.4, -0.2) is 25.0 Å². The summed E-state index contributed by atoms with van der Waals surface area (Å²) in [5.41, 5.74) is -0.268. The average molecular weight is 239 g/mol. The molecule has 2 N–H and O–H groups in total. The molecule has 98 valence electrons. The Bertz CT molecular complexity index is 268. The second-order valence-electron chi connectivity index (χ2n) is 5.07. The van der Waals surface area contributed by atoms with E-state index in [0.717, 1.165) is 32.4 Å². The van der Waals surface area contributed by atoms with Gasteiger partial charge in [-0.3, -0.25) is 4.79 Å². The molecule has 0 aromatic rings. The molecule has 1 unspecified atom stereocenters. The third-order valence-corrected chi connectivity index (χ3v) is 2.67. The van der Waals surface area contributed by atoms with E-state index in [1.54, 1.807) is 0 Å². The van der Waals surface area contributed by atoms with Crippen molar-refractivity contribution in [1.29, 1.82) is 5.26 Å². The molecule has 0 saturated heterocycles. The molecule has 4 nitrogen and oxygen atoms in total. The van der Waals surface area contributed by atoms with E-state index in [2.05, 4.69) is 16.7 Å². The summed E-state index contributed by atoms with van der Waals surface area (Å²) in [7, 11) is 0. The zero-order valence-corrected chi connectivity index (χ0v) is 11.5. The van der Waals surface area contributed by atoms with Crippen molar-refractivity contribution >= 4 is 5.91 Å². The number of rotatable bonds is 8. The van der Waals surface area contributed by atoms with Gasteiger partial charge in [0.15, 0.2) is 0 Å². The van der Waals surface area contributed by atoms with Crippen molar-refractivity contribution in [2.75, 3.05) is 13.1 Å². The number of carbonyl (C=O) groups is 1. The summed E-state index contributed by atoms with van der Waals surface area (Å²) in [5.74, 6) is 0.0476. The van der Waals surface area contributed by atoms with Crippen LogP contribution in [0, 0.1) is 16.7 Å². The van der Waals surface area contributed by atoms with Gasteiger partial charge in [0.25, 0.3) is 0 Å². The largest absolute Gasteiger partial charge is 0.355 e. The van der Waals surface area contributed by atoms with Crippen LogP contribution in [0.2, 0.25) is 0 Å². The lowest BCUT2D eigenvalue weighted by molar-refractivity contribution is -0.122. The van der Waals surface area contributed by atoms with E-state index < -0.39 is 0 Å². The van der Waals surface area contributed by atoms with Gasteiger partial charge in [0.05, 0.1) is 17.5 Å². The predicted octanol–water partition coefficient (Wildman–Crippen LogP) is 1.82. The van der Waals surface area contributed by atoms with Crippen molar-refractivity contribution in [3.8, 4) is 6.07 Å². The smallest absolute Gasteiger partial charge is 0.236 e. The minimum atomic E-state index is -0.268. The van der Waals surface area contributed by atoms with E-state index in [0.29, 0.717) is 0 Å². The molecule has 1 amide bonds. The second kappa shape index (κ2) is 8.08. The Morgan fingerprint density at radius 3 is 2.59 bits per heavy atom. The fraction of sp³-hybridized carbons (Fsp3) is 0.846. The quantitative estimate of drug-likeness (QED) is 0.635. The Balaban J connectivity index is 3.68. The van der Waals surface area contributed by atoms with Gasteiger partial charge in [-0.05, 0) is 46.6 Å². The van der Waals surface area contributed by atoms with Crippen molar-refractivity contribution < 1.29 is 4.79 Å². The molecule has 0 fully saturated rings. The maximum atomic E-state index is 11.5. The molecule has 0 spiro atoms. The van der Waals surface area contributed by atoms with Crippen LogP contribution in [0.15, 0.2) is 0 Å². The lowest BCUT2D eigenvalue weighted by Crippen LogP contribution is -2.42. The molecule has 0 rings (SSSR count). The first-order valence-electron chi connectivity index (χ1n) is 6.35. The highest BCUT2D eigenvalue weighted by molar-refractivity contribution is 5.81. The molecular weight excluding hydrogens is 214 g/mol. The summed E-state index contributed by atoms with van der Waals surface area (Å²) in [5, 5.41) is 14.9. The molecule has 0 aliphatic heterocycles. The molecule has 0 aliphatic carbocycles. The first-order valence-corrected chi connectivity index (χ1v) is 6.35. The van der Waals surface area contributed by atoms with Gasteiger partial charge in [0, 0.05) is 6.54 Å². The number of hydrogen-bond acceptors (Lipinski definition) is 3. The molecule has 0 radical (unpaired) electrons. The van der Waals surface area contributed by atoms with E-state index in [1.165, 1.54) is 0 Å². The Morgan fingerprint density at radius 2 is 2.06 bits per heavy atom. The summed E-state index contributed by atoms with van der Waals surface area (Å²) >= 11 is 0. The molecular formula is C13H25N3O. The van der Waals surface area contributed by atoms with Gasteiger partial charge in [0.1, 0.15) is 0 Å². The summed E-state index contributed by atoms with van der Waals surface area (Å²) in [6, 6.07) is 2.11. The second-order valence-corrected chi connectivity index (χ2v) is 5.07. The van der Waals surface area contributed by atoms with Crippen LogP contribution >= 0.6 is 0 Å². The standard InChI is InChI=1S/C13H25N3O/c1-5-8-16-12(17)11(2)15-9-6-7-13(3,4)10-14/h11,15H,5-9H2,1-4H3,(H,16,17). The Kier molecular flexibility index (Phi) is 7.56. The van der Waals surface area contributed by atoms with Crippen LogP contribution in [0.25, 0.3) is 0 Å². The van der Waals surface area contributed by atoms with Crippen LogP contribution in [0.4, 0.5) is 0 Å². The lowest BCUT2D eigenvalue weighted by atomic mass is 9.90. The van der Waals surface area contributed by atoms with E-state index >= 15 is 0 Å².